The van der Waals surface area contributed by atoms with Gasteiger partial charge in [-0.05, 0) is 49.5 Å². The molecule has 0 aliphatic carbocycles. The van der Waals surface area contributed by atoms with Crippen LogP contribution in [0.4, 0.5) is 4.39 Å². The normalized spacial score (nSPS) is 17.8. The van der Waals surface area contributed by atoms with E-state index in [1.807, 2.05) is 17.8 Å². The van der Waals surface area contributed by atoms with Crippen LogP contribution in [0.15, 0.2) is 30.6 Å². The number of ether oxygens (including phenoxy) is 1. The Bertz CT molecular complexity index is 681. The van der Waals surface area contributed by atoms with Crippen molar-refractivity contribution in [3.63, 3.8) is 0 Å². The molecule has 3 rings (SSSR count). The average Bonchev–Trinajstić information content (AvgIpc) is 3.02. The number of aromatic nitrogens is 2. The molecular weight excluding hydrogens is 309 g/mol. The van der Waals surface area contributed by atoms with E-state index in [-0.39, 0.29) is 17.5 Å². The molecule has 1 aliphatic heterocycles. The third kappa shape index (κ3) is 3.60. The van der Waals surface area contributed by atoms with Gasteiger partial charge in [0.1, 0.15) is 11.9 Å². The first kappa shape index (κ1) is 16.9. The summed E-state index contributed by atoms with van der Waals surface area (Å²) in [7, 11) is 3.38. The number of imidazole rings is 1. The first-order valence-electron chi connectivity index (χ1n) is 8.28. The van der Waals surface area contributed by atoms with Gasteiger partial charge in [0, 0.05) is 26.0 Å². The highest BCUT2D eigenvalue weighted by molar-refractivity contribution is 5.30. The van der Waals surface area contributed by atoms with Crippen LogP contribution in [0.25, 0.3) is 0 Å². The lowest BCUT2D eigenvalue weighted by Gasteiger charge is -2.34. The lowest BCUT2D eigenvalue weighted by molar-refractivity contribution is 0.0492. The van der Waals surface area contributed by atoms with Gasteiger partial charge >= 0.3 is 0 Å². The van der Waals surface area contributed by atoms with Crippen molar-refractivity contribution in [3.05, 3.63) is 47.8 Å². The molecule has 0 radical (unpaired) electrons. The van der Waals surface area contributed by atoms with Crippen LogP contribution >= 0.6 is 0 Å². The van der Waals surface area contributed by atoms with E-state index in [1.165, 1.54) is 13.2 Å². The molecule has 1 aromatic heterocycles. The van der Waals surface area contributed by atoms with Crippen LogP contribution in [-0.4, -0.2) is 39.8 Å². The number of likely N-dealkylation sites (tertiary alicyclic amines) is 1. The number of methoxy groups -OCH3 is 1. The van der Waals surface area contributed by atoms with Crippen molar-refractivity contribution < 1.29 is 14.2 Å². The van der Waals surface area contributed by atoms with Gasteiger partial charge in [0.05, 0.1) is 7.11 Å². The number of benzene rings is 1. The summed E-state index contributed by atoms with van der Waals surface area (Å²) in [5.41, 5.74) is 1.04. The molecule has 0 unspecified atom stereocenters. The molecule has 1 saturated heterocycles. The molecule has 0 saturated carbocycles. The Hall–Kier alpha value is -1.92. The summed E-state index contributed by atoms with van der Waals surface area (Å²) >= 11 is 0. The maximum atomic E-state index is 13.5. The van der Waals surface area contributed by atoms with Crippen molar-refractivity contribution in [3.8, 4) is 5.75 Å². The molecule has 1 aromatic carbocycles. The van der Waals surface area contributed by atoms with Gasteiger partial charge in [-0.25, -0.2) is 9.37 Å². The highest BCUT2D eigenvalue weighted by Gasteiger charge is 2.28. The van der Waals surface area contributed by atoms with E-state index >= 15 is 0 Å². The summed E-state index contributed by atoms with van der Waals surface area (Å²) in [5.74, 6) is 0.910. The summed E-state index contributed by atoms with van der Waals surface area (Å²) in [6, 6.07) is 5.00. The minimum Gasteiger partial charge on any atom is -0.494 e. The second-order valence-electron chi connectivity index (χ2n) is 6.42. The van der Waals surface area contributed by atoms with Crippen molar-refractivity contribution in [2.75, 3.05) is 20.2 Å². The molecule has 0 amide bonds. The van der Waals surface area contributed by atoms with E-state index in [2.05, 4.69) is 9.88 Å². The third-order valence-electron chi connectivity index (χ3n) is 4.82. The standard InChI is InChI=1S/C18H24FN3O2/c1-21-10-7-20-18(21)17(23)14-5-8-22(9-6-14)12-13-3-4-15(19)16(11-13)24-2/h3-4,7,10-11,14,17,23H,5-6,8-9,12H2,1-2H3/t17-/m1/s1. The van der Waals surface area contributed by atoms with E-state index < -0.39 is 6.10 Å². The zero-order chi connectivity index (χ0) is 17.1. The number of nitrogens with zero attached hydrogens (tertiary/aromatic N) is 3. The first-order chi connectivity index (χ1) is 11.6. The lowest BCUT2D eigenvalue weighted by atomic mass is 9.90. The van der Waals surface area contributed by atoms with E-state index in [0.29, 0.717) is 0 Å². The Morgan fingerprint density at radius 2 is 2.12 bits per heavy atom. The Kier molecular flexibility index (Phi) is 5.16. The van der Waals surface area contributed by atoms with Gasteiger partial charge in [0.2, 0.25) is 0 Å². The van der Waals surface area contributed by atoms with Gasteiger partial charge < -0.3 is 14.4 Å². The molecule has 130 valence electrons. The Labute approximate surface area is 141 Å². The number of rotatable bonds is 5. The highest BCUT2D eigenvalue weighted by atomic mass is 19.1. The van der Waals surface area contributed by atoms with Crippen molar-refractivity contribution in [1.82, 2.24) is 14.5 Å². The van der Waals surface area contributed by atoms with Gasteiger partial charge in [0.15, 0.2) is 11.6 Å². The number of halogens is 1. The minimum atomic E-state index is -0.516. The molecule has 2 aromatic rings. The minimum absolute atomic E-state index is 0.227. The summed E-state index contributed by atoms with van der Waals surface area (Å²) in [4.78, 5) is 6.58. The fraction of sp³-hybridized carbons (Fsp3) is 0.500. The average molecular weight is 333 g/mol. The van der Waals surface area contributed by atoms with Gasteiger partial charge in [-0.1, -0.05) is 6.07 Å². The van der Waals surface area contributed by atoms with Crippen molar-refractivity contribution in [2.45, 2.75) is 25.5 Å². The van der Waals surface area contributed by atoms with Crippen LogP contribution in [0.5, 0.6) is 5.75 Å². The predicted octanol–water partition coefficient (Wildman–Crippen LogP) is 2.51. The molecule has 1 atom stereocenters. The van der Waals surface area contributed by atoms with Gasteiger partial charge in [-0.3, -0.25) is 4.90 Å². The number of aliphatic hydroxyl groups excluding tert-OH is 1. The quantitative estimate of drug-likeness (QED) is 0.913. The second kappa shape index (κ2) is 7.32. The predicted molar refractivity (Wildman–Crippen MR) is 89.1 cm³/mol. The molecule has 24 heavy (non-hydrogen) atoms. The molecule has 1 aliphatic rings. The Morgan fingerprint density at radius 1 is 1.38 bits per heavy atom. The molecule has 1 fully saturated rings. The van der Waals surface area contributed by atoms with Crippen molar-refractivity contribution in [2.24, 2.45) is 13.0 Å². The number of hydrogen-bond acceptors (Lipinski definition) is 4. The van der Waals surface area contributed by atoms with Crippen LogP contribution in [0.3, 0.4) is 0 Å². The zero-order valence-corrected chi connectivity index (χ0v) is 14.2. The summed E-state index contributed by atoms with van der Waals surface area (Å²) in [5, 5.41) is 10.5. The first-order valence-corrected chi connectivity index (χ1v) is 8.28. The molecule has 0 spiro atoms. The van der Waals surface area contributed by atoms with Gasteiger partial charge in [-0.15, -0.1) is 0 Å². The van der Waals surface area contributed by atoms with E-state index in [0.717, 1.165) is 43.9 Å². The fourth-order valence-electron chi connectivity index (χ4n) is 3.36. The largest absolute Gasteiger partial charge is 0.494 e. The van der Waals surface area contributed by atoms with Crippen molar-refractivity contribution in [1.29, 1.82) is 0 Å². The van der Waals surface area contributed by atoms with Crippen LogP contribution < -0.4 is 4.74 Å². The third-order valence-corrected chi connectivity index (χ3v) is 4.82. The van der Waals surface area contributed by atoms with Crippen LogP contribution in [-0.2, 0) is 13.6 Å². The second-order valence-corrected chi connectivity index (χ2v) is 6.42. The van der Waals surface area contributed by atoms with E-state index in [9.17, 15) is 9.50 Å². The monoisotopic (exact) mass is 333 g/mol. The molecular formula is C18H24FN3O2. The van der Waals surface area contributed by atoms with Crippen LogP contribution in [0, 0.1) is 11.7 Å². The van der Waals surface area contributed by atoms with Crippen LogP contribution in [0.1, 0.15) is 30.3 Å². The summed E-state index contributed by atoms with van der Waals surface area (Å²) in [6.45, 7) is 2.58. The SMILES string of the molecule is COc1cc(CN2CCC([C@@H](O)c3nccn3C)CC2)ccc1F. The Morgan fingerprint density at radius 3 is 2.75 bits per heavy atom. The maximum absolute atomic E-state index is 13.5. The number of aliphatic hydroxyl groups is 1. The molecule has 6 heteroatoms. The topological polar surface area (TPSA) is 50.5 Å². The molecule has 0 bridgehead atoms. The molecule has 5 nitrogen and oxygen atoms in total. The number of aryl methyl sites for hydroxylation is 1. The van der Waals surface area contributed by atoms with Crippen molar-refractivity contribution >= 4 is 0 Å². The van der Waals surface area contributed by atoms with E-state index in [1.54, 1.807) is 18.3 Å². The highest BCUT2D eigenvalue weighted by Crippen LogP contribution is 2.30. The number of hydrogen-bond donors (Lipinski definition) is 1. The number of piperidine rings is 1. The molecule has 2 heterocycles. The lowest BCUT2D eigenvalue weighted by Crippen LogP contribution is -2.35. The fourth-order valence-corrected chi connectivity index (χ4v) is 3.36. The zero-order valence-electron chi connectivity index (χ0n) is 14.2. The molecule has 1 N–H and O–H groups in total. The van der Waals surface area contributed by atoms with Gasteiger partial charge in [0.25, 0.3) is 0 Å². The van der Waals surface area contributed by atoms with E-state index in [4.69, 9.17) is 4.74 Å². The maximum Gasteiger partial charge on any atom is 0.165 e. The summed E-state index contributed by atoms with van der Waals surface area (Å²) < 4.78 is 20.4. The smallest absolute Gasteiger partial charge is 0.165 e. The van der Waals surface area contributed by atoms with Gasteiger partial charge in [-0.2, -0.15) is 0 Å². The van der Waals surface area contributed by atoms with Crippen LogP contribution in [0.2, 0.25) is 0 Å². The Balaban J connectivity index is 1.56. The summed E-state index contributed by atoms with van der Waals surface area (Å²) in [6.07, 6.45) is 4.90.